The van der Waals surface area contributed by atoms with Crippen LogP contribution in [-0.2, 0) is 10.0 Å². The van der Waals surface area contributed by atoms with Crippen LogP contribution in [0.5, 0.6) is 0 Å². The maximum absolute atomic E-state index is 13.5. The number of hydrogen-bond acceptors (Lipinski definition) is 6. The minimum Gasteiger partial charge on any atom is -0.340 e. The van der Waals surface area contributed by atoms with Gasteiger partial charge in [0, 0.05) is 30.7 Å². The molecule has 0 unspecified atom stereocenters. The van der Waals surface area contributed by atoms with Gasteiger partial charge in [-0.15, -0.1) is 0 Å². The Morgan fingerprint density at radius 2 is 1.69 bits per heavy atom. The van der Waals surface area contributed by atoms with Crippen molar-refractivity contribution in [3.63, 3.8) is 0 Å². The lowest BCUT2D eigenvalue weighted by Gasteiger charge is -2.29. The number of hydrogen-bond donors (Lipinski definition) is 2. The van der Waals surface area contributed by atoms with E-state index in [0.29, 0.717) is 42.0 Å². The van der Waals surface area contributed by atoms with Crippen molar-refractivity contribution in [1.29, 1.82) is 0 Å². The zero-order valence-electron chi connectivity index (χ0n) is 18.0. The molecular weight excluding hydrogens is 429 g/mol. The van der Waals surface area contributed by atoms with Crippen LogP contribution in [0.2, 0.25) is 0 Å². The molecule has 0 radical (unpaired) electrons. The monoisotopic (exact) mass is 455 g/mol. The van der Waals surface area contributed by atoms with E-state index in [1.807, 2.05) is 0 Å². The molecular formula is C23H26FN5O2S. The first-order valence-corrected chi connectivity index (χ1v) is 12.0. The Morgan fingerprint density at radius 1 is 1.00 bits per heavy atom. The SMILES string of the molecule is Cc1cc(Nc2ccnc(Nc3ccc(S(=O)(=O)N4CCC(C)CC4)cc3)n2)ccc1F. The predicted molar refractivity (Wildman–Crippen MR) is 123 cm³/mol. The van der Waals surface area contributed by atoms with E-state index < -0.39 is 10.0 Å². The van der Waals surface area contributed by atoms with Crippen LogP contribution in [-0.4, -0.2) is 35.8 Å². The molecule has 9 heteroatoms. The number of sulfonamides is 1. The van der Waals surface area contributed by atoms with Crippen molar-refractivity contribution < 1.29 is 12.8 Å². The van der Waals surface area contributed by atoms with Crippen LogP contribution in [0.15, 0.2) is 59.6 Å². The molecule has 0 amide bonds. The van der Waals surface area contributed by atoms with E-state index in [1.54, 1.807) is 59.9 Å². The third kappa shape index (κ3) is 5.05. The first-order valence-electron chi connectivity index (χ1n) is 10.5. The van der Waals surface area contributed by atoms with E-state index in [0.717, 1.165) is 18.5 Å². The minimum absolute atomic E-state index is 0.263. The summed E-state index contributed by atoms with van der Waals surface area (Å²) in [6, 6.07) is 13.0. The van der Waals surface area contributed by atoms with Gasteiger partial charge < -0.3 is 10.6 Å². The fourth-order valence-electron chi connectivity index (χ4n) is 3.57. The fraction of sp³-hybridized carbons (Fsp3) is 0.304. The van der Waals surface area contributed by atoms with E-state index >= 15 is 0 Å². The molecule has 0 spiro atoms. The maximum Gasteiger partial charge on any atom is 0.243 e. The van der Waals surface area contributed by atoms with Gasteiger partial charge in [0.25, 0.3) is 0 Å². The Balaban J connectivity index is 1.44. The molecule has 168 valence electrons. The smallest absolute Gasteiger partial charge is 0.243 e. The molecule has 4 rings (SSSR count). The number of aryl methyl sites for hydroxylation is 1. The minimum atomic E-state index is -3.49. The van der Waals surface area contributed by atoms with E-state index in [9.17, 15) is 12.8 Å². The lowest BCUT2D eigenvalue weighted by Crippen LogP contribution is -2.37. The number of halogens is 1. The second-order valence-electron chi connectivity index (χ2n) is 8.09. The van der Waals surface area contributed by atoms with Crippen LogP contribution < -0.4 is 10.6 Å². The lowest BCUT2D eigenvalue weighted by atomic mass is 10.0. The van der Waals surface area contributed by atoms with E-state index in [-0.39, 0.29) is 10.7 Å². The van der Waals surface area contributed by atoms with Gasteiger partial charge in [-0.3, -0.25) is 0 Å². The van der Waals surface area contributed by atoms with Gasteiger partial charge in [0.15, 0.2) is 0 Å². The van der Waals surface area contributed by atoms with Crippen molar-refractivity contribution in [1.82, 2.24) is 14.3 Å². The van der Waals surface area contributed by atoms with Crippen molar-refractivity contribution in [2.45, 2.75) is 31.6 Å². The normalized spacial score (nSPS) is 15.5. The molecule has 7 nitrogen and oxygen atoms in total. The molecule has 0 atom stereocenters. The largest absolute Gasteiger partial charge is 0.340 e. The molecule has 2 aromatic carbocycles. The van der Waals surface area contributed by atoms with E-state index in [1.165, 1.54) is 6.07 Å². The molecule has 1 aliphatic heterocycles. The van der Waals surface area contributed by atoms with Gasteiger partial charge >= 0.3 is 0 Å². The Hall–Kier alpha value is -3.04. The number of anilines is 4. The second-order valence-corrected chi connectivity index (χ2v) is 10.0. The summed E-state index contributed by atoms with van der Waals surface area (Å²) in [7, 11) is -3.49. The summed E-state index contributed by atoms with van der Waals surface area (Å²) in [5, 5.41) is 6.21. The highest BCUT2D eigenvalue weighted by molar-refractivity contribution is 7.89. The highest BCUT2D eigenvalue weighted by atomic mass is 32.2. The second kappa shape index (κ2) is 9.22. The van der Waals surface area contributed by atoms with Crippen LogP contribution >= 0.6 is 0 Å². The number of benzene rings is 2. The summed E-state index contributed by atoms with van der Waals surface area (Å²) in [4.78, 5) is 8.90. The van der Waals surface area contributed by atoms with Crippen LogP contribution in [0.25, 0.3) is 0 Å². The molecule has 2 heterocycles. The van der Waals surface area contributed by atoms with Gasteiger partial charge in [0.05, 0.1) is 4.90 Å². The Morgan fingerprint density at radius 3 is 2.38 bits per heavy atom. The first kappa shape index (κ1) is 22.2. The number of piperidine rings is 1. The summed E-state index contributed by atoms with van der Waals surface area (Å²) in [5.41, 5.74) is 1.93. The Bertz CT molecular complexity index is 1190. The van der Waals surface area contributed by atoms with Crippen LogP contribution in [0.4, 0.5) is 27.5 Å². The Labute approximate surface area is 187 Å². The summed E-state index contributed by atoms with van der Waals surface area (Å²) < 4.78 is 40.8. The van der Waals surface area contributed by atoms with Gasteiger partial charge in [-0.25, -0.2) is 17.8 Å². The zero-order valence-corrected chi connectivity index (χ0v) is 18.9. The third-order valence-electron chi connectivity index (χ3n) is 5.58. The Kier molecular flexibility index (Phi) is 6.38. The maximum atomic E-state index is 13.5. The van der Waals surface area contributed by atoms with Crippen LogP contribution in [0.1, 0.15) is 25.3 Å². The lowest BCUT2D eigenvalue weighted by molar-refractivity contribution is 0.288. The quantitative estimate of drug-likeness (QED) is 0.554. The molecule has 3 aromatic rings. The van der Waals surface area contributed by atoms with E-state index in [2.05, 4.69) is 27.5 Å². The van der Waals surface area contributed by atoms with Gasteiger partial charge in [0.2, 0.25) is 16.0 Å². The van der Waals surface area contributed by atoms with Crippen molar-refractivity contribution >= 4 is 33.2 Å². The van der Waals surface area contributed by atoms with Gasteiger partial charge in [0.1, 0.15) is 11.6 Å². The average Bonchev–Trinajstić information content (AvgIpc) is 2.77. The molecule has 0 aliphatic carbocycles. The highest BCUT2D eigenvalue weighted by Gasteiger charge is 2.27. The summed E-state index contributed by atoms with van der Waals surface area (Å²) in [5.74, 6) is 1.20. The predicted octanol–water partition coefficient (Wildman–Crippen LogP) is 4.83. The molecule has 1 aliphatic rings. The topological polar surface area (TPSA) is 87.2 Å². The molecule has 1 fully saturated rings. The summed E-state index contributed by atoms with van der Waals surface area (Å²) >= 11 is 0. The number of nitrogens with one attached hydrogen (secondary N) is 2. The number of nitrogens with zero attached hydrogens (tertiary/aromatic N) is 3. The standard InChI is InChI=1S/C23H26FN5O2S/c1-16-10-13-29(14-11-16)32(30,31)20-6-3-18(4-7-20)27-23-25-12-9-22(28-23)26-19-5-8-21(24)17(2)15-19/h3-9,12,15-16H,10-11,13-14H2,1-2H3,(H2,25,26,27,28). The van der Waals surface area contributed by atoms with Crippen LogP contribution in [0, 0.1) is 18.7 Å². The third-order valence-corrected chi connectivity index (χ3v) is 7.49. The van der Waals surface area contributed by atoms with Gasteiger partial charge in [-0.05, 0) is 79.8 Å². The average molecular weight is 456 g/mol. The fourth-order valence-corrected chi connectivity index (χ4v) is 5.04. The highest BCUT2D eigenvalue weighted by Crippen LogP contribution is 2.25. The van der Waals surface area contributed by atoms with Crippen molar-refractivity contribution in [2.24, 2.45) is 5.92 Å². The van der Waals surface area contributed by atoms with Crippen molar-refractivity contribution in [2.75, 3.05) is 23.7 Å². The van der Waals surface area contributed by atoms with Gasteiger partial charge in [-0.2, -0.15) is 9.29 Å². The summed E-state index contributed by atoms with van der Waals surface area (Å²) in [6.07, 6.45) is 3.38. The zero-order chi connectivity index (χ0) is 22.7. The number of aromatic nitrogens is 2. The molecule has 1 saturated heterocycles. The van der Waals surface area contributed by atoms with E-state index in [4.69, 9.17) is 0 Å². The molecule has 2 N–H and O–H groups in total. The van der Waals surface area contributed by atoms with Gasteiger partial charge in [-0.1, -0.05) is 6.92 Å². The summed E-state index contributed by atoms with van der Waals surface area (Å²) in [6.45, 7) is 4.97. The van der Waals surface area contributed by atoms with Crippen LogP contribution in [0.3, 0.4) is 0 Å². The number of rotatable bonds is 6. The molecule has 1 aromatic heterocycles. The van der Waals surface area contributed by atoms with Crippen molar-refractivity contribution in [3.05, 3.63) is 66.1 Å². The molecule has 0 bridgehead atoms. The first-order chi connectivity index (χ1) is 15.3. The molecule has 0 saturated carbocycles. The molecule has 32 heavy (non-hydrogen) atoms. The van der Waals surface area contributed by atoms with Crippen molar-refractivity contribution in [3.8, 4) is 0 Å².